The Hall–Kier alpha value is -2.31. The molecule has 0 radical (unpaired) electrons. The molecule has 0 saturated carbocycles. The Labute approximate surface area is 151 Å². The van der Waals surface area contributed by atoms with Gasteiger partial charge < -0.3 is 10.1 Å². The summed E-state index contributed by atoms with van der Waals surface area (Å²) >= 11 is 0. The second-order valence-electron chi connectivity index (χ2n) is 6.86. The molecule has 0 bridgehead atoms. The Balaban J connectivity index is 1.45. The number of pyridine rings is 1. The maximum absolute atomic E-state index is 14.0. The summed E-state index contributed by atoms with van der Waals surface area (Å²) in [6.07, 6.45) is 1.69. The van der Waals surface area contributed by atoms with Gasteiger partial charge in [-0.2, -0.15) is 0 Å². The van der Waals surface area contributed by atoms with Crippen LogP contribution in [0.3, 0.4) is 0 Å². The average Bonchev–Trinajstić information content (AvgIpc) is 3.05. The number of nitrogens with zero attached hydrogens (tertiary/aromatic N) is 2. The predicted octanol–water partition coefficient (Wildman–Crippen LogP) is 2.96. The molecule has 0 aliphatic carbocycles. The predicted molar refractivity (Wildman–Crippen MR) is 95.1 cm³/mol. The van der Waals surface area contributed by atoms with Crippen LogP contribution in [0.15, 0.2) is 48.3 Å². The maximum atomic E-state index is 14.0. The van der Waals surface area contributed by atoms with E-state index < -0.39 is 0 Å². The highest BCUT2D eigenvalue weighted by molar-refractivity contribution is 5.64. The van der Waals surface area contributed by atoms with E-state index in [0.717, 1.165) is 36.5 Å². The van der Waals surface area contributed by atoms with Gasteiger partial charge in [-0.25, -0.2) is 8.78 Å². The molecule has 0 unspecified atom stereocenters. The molecule has 2 aliphatic heterocycles. The molecule has 1 aromatic carbocycles. The highest BCUT2D eigenvalue weighted by atomic mass is 19.1. The highest BCUT2D eigenvalue weighted by Gasteiger charge is 2.37. The number of benzene rings is 1. The van der Waals surface area contributed by atoms with Crippen LogP contribution in [0, 0.1) is 11.6 Å². The van der Waals surface area contributed by atoms with Gasteiger partial charge >= 0.3 is 0 Å². The number of fused-ring (bicyclic) bond motifs is 1. The van der Waals surface area contributed by atoms with Gasteiger partial charge in [0.05, 0.1) is 18.8 Å². The van der Waals surface area contributed by atoms with Gasteiger partial charge in [0.1, 0.15) is 17.3 Å². The summed E-state index contributed by atoms with van der Waals surface area (Å²) in [5.41, 5.74) is 3.09. The minimum Gasteiger partial charge on any atom is -0.379 e. The second kappa shape index (κ2) is 7.13. The van der Waals surface area contributed by atoms with Crippen LogP contribution in [0.1, 0.15) is 18.2 Å². The van der Waals surface area contributed by atoms with Crippen LogP contribution < -0.4 is 5.32 Å². The number of rotatable bonds is 3. The normalized spacial score (nSPS) is 24.9. The molecule has 3 heterocycles. The Bertz CT molecular complexity index is 822. The van der Waals surface area contributed by atoms with Crippen molar-refractivity contribution in [2.75, 3.05) is 19.7 Å². The van der Waals surface area contributed by atoms with Crippen molar-refractivity contribution in [3.8, 4) is 0 Å². The van der Waals surface area contributed by atoms with E-state index in [-0.39, 0.29) is 23.8 Å². The van der Waals surface area contributed by atoms with Gasteiger partial charge in [-0.05, 0) is 42.3 Å². The number of hydrogen-bond donors (Lipinski definition) is 1. The zero-order valence-corrected chi connectivity index (χ0v) is 14.6. The third kappa shape index (κ3) is 3.48. The molecular weight excluding hydrogens is 336 g/mol. The molecule has 0 spiro atoms. The van der Waals surface area contributed by atoms with E-state index in [1.54, 1.807) is 12.3 Å². The van der Waals surface area contributed by atoms with Crippen LogP contribution in [-0.2, 0) is 11.3 Å². The molecule has 4 rings (SSSR count). The van der Waals surface area contributed by atoms with Crippen molar-refractivity contribution in [3.05, 3.63) is 71.2 Å². The van der Waals surface area contributed by atoms with Gasteiger partial charge in [-0.15, -0.1) is 0 Å². The van der Waals surface area contributed by atoms with Crippen molar-refractivity contribution < 1.29 is 13.5 Å². The zero-order valence-electron chi connectivity index (χ0n) is 14.6. The van der Waals surface area contributed by atoms with E-state index in [1.165, 1.54) is 18.2 Å². The van der Waals surface area contributed by atoms with Crippen molar-refractivity contribution in [1.82, 2.24) is 15.2 Å². The van der Waals surface area contributed by atoms with Crippen molar-refractivity contribution in [1.29, 1.82) is 0 Å². The third-order valence-corrected chi connectivity index (χ3v) is 5.03. The Kier molecular flexibility index (Phi) is 4.70. The third-order valence-electron chi connectivity index (χ3n) is 5.03. The Morgan fingerprint density at radius 2 is 2.04 bits per heavy atom. The van der Waals surface area contributed by atoms with Crippen molar-refractivity contribution >= 4 is 5.57 Å². The molecule has 2 aliphatic rings. The summed E-state index contributed by atoms with van der Waals surface area (Å²) in [7, 11) is 0. The lowest BCUT2D eigenvalue weighted by atomic mass is 10.1. The summed E-state index contributed by atoms with van der Waals surface area (Å²) in [4.78, 5) is 6.43. The molecule has 0 amide bonds. The smallest absolute Gasteiger partial charge is 0.149 e. The maximum Gasteiger partial charge on any atom is 0.149 e. The molecule has 4 nitrogen and oxygen atoms in total. The van der Waals surface area contributed by atoms with Gasteiger partial charge in [-0.1, -0.05) is 12.1 Å². The second-order valence-corrected chi connectivity index (χ2v) is 6.86. The van der Waals surface area contributed by atoms with Crippen LogP contribution >= 0.6 is 0 Å². The van der Waals surface area contributed by atoms with Crippen molar-refractivity contribution in [3.63, 3.8) is 0 Å². The van der Waals surface area contributed by atoms with E-state index in [1.807, 2.05) is 19.1 Å². The molecule has 1 N–H and O–H groups in total. The van der Waals surface area contributed by atoms with E-state index in [9.17, 15) is 8.78 Å². The first-order valence-electron chi connectivity index (χ1n) is 8.76. The van der Waals surface area contributed by atoms with E-state index in [4.69, 9.17) is 4.74 Å². The minimum atomic E-state index is -0.328. The van der Waals surface area contributed by atoms with Gasteiger partial charge in [-0.3, -0.25) is 9.88 Å². The standard InChI is InChI=1S/C20H21F2N3O/c1-13(20-16(22)3-2-8-23-20)18-12-26-19-11-25(10-17(19)24-18)9-14-4-6-15(21)7-5-14/h2-8,17,19,24H,9-12H2,1H3/b18-13+/t17-,19-/m1/s1. The lowest BCUT2D eigenvalue weighted by Crippen LogP contribution is -2.46. The van der Waals surface area contributed by atoms with Crippen LogP contribution in [0.5, 0.6) is 0 Å². The minimum absolute atomic E-state index is 0.0978. The first-order valence-corrected chi connectivity index (χ1v) is 8.76. The van der Waals surface area contributed by atoms with Crippen molar-refractivity contribution in [2.24, 2.45) is 0 Å². The first kappa shape index (κ1) is 17.1. The molecule has 2 fully saturated rings. The number of aromatic nitrogens is 1. The number of nitrogens with one attached hydrogen (secondary N) is 1. The zero-order chi connectivity index (χ0) is 18.1. The first-order chi connectivity index (χ1) is 12.6. The molecule has 2 aromatic rings. The number of morpholine rings is 1. The quantitative estimate of drug-likeness (QED) is 0.917. The van der Waals surface area contributed by atoms with E-state index >= 15 is 0 Å². The SMILES string of the molecule is C/C(=C1/CO[C@@H]2CN(Cc3ccc(F)cc3)C[C@H]2N1)c1ncccc1F. The van der Waals surface area contributed by atoms with Crippen LogP contribution in [0.2, 0.25) is 0 Å². The van der Waals surface area contributed by atoms with E-state index in [2.05, 4.69) is 15.2 Å². The number of likely N-dealkylation sites (tertiary alicyclic amines) is 1. The molecule has 1 aromatic heterocycles. The Morgan fingerprint density at radius 3 is 2.81 bits per heavy atom. The number of halogens is 2. The average molecular weight is 357 g/mol. The fourth-order valence-electron chi connectivity index (χ4n) is 3.61. The van der Waals surface area contributed by atoms with Crippen molar-refractivity contribution in [2.45, 2.75) is 25.6 Å². The molecule has 6 heteroatoms. The number of allylic oxidation sites excluding steroid dienone is 1. The molecule has 26 heavy (non-hydrogen) atoms. The van der Waals surface area contributed by atoms with Crippen LogP contribution in [-0.4, -0.2) is 41.7 Å². The summed E-state index contributed by atoms with van der Waals surface area (Å²) < 4.78 is 33.1. The monoisotopic (exact) mass is 357 g/mol. The number of ether oxygens (including phenoxy) is 1. The van der Waals surface area contributed by atoms with Gasteiger partial charge in [0, 0.05) is 31.5 Å². The van der Waals surface area contributed by atoms with Gasteiger partial charge in [0.2, 0.25) is 0 Å². The van der Waals surface area contributed by atoms with Gasteiger partial charge in [0.25, 0.3) is 0 Å². The molecule has 2 atom stereocenters. The molecule has 136 valence electrons. The summed E-state index contributed by atoms with van der Waals surface area (Å²) in [6, 6.07) is 9.75. The Morgan fingerprint density at radius 1 is 1.23 bits per heavy atom. The summed E-state index contributed by atoms with van der Waals surface area (Å²) in [5.74, 6) is -0.549. The van der Waals surface area contributed by atoms with E-state index in [0.29, 0.717) is 12.3 Å². The summed E-state index contributed by atoms with van der Waals surface area (Å²) in [5, 5.41) is 3.51. The largest absolute Gasteiger partial charge is 0.379 e. The fraction of sp³-hybridized carbons (Fsp3) is 0.350. The highest BCUT2D eigenvalue weighted by Crippen LogP contribution is 2.26. The molecule has 2 saturated heterocycles. The lowest BCUT2D eigenvalue weighted by Gasteiger charge is -2.30. The van der Waals surface area contributed by atoms with Crippen LogP contribution in [0.4, 0.5) is 8.78 Å². The number of hydrogen-bond acceptors (Lipinski definition) is 4. The summed E-state index contributed by atoms with van der Waals surface area (Å²) in [6.45, 7) is 4.68. The van der Waals surface area contributed by atoms with Crippen LogP contribution in [0.25, 0.3) is 5.57 Å². The van der Waals surface area contributed by atoms with Gasteiger partial charge in [0.15, 0.2) is 0 Å². The topological polar surface area (TPSA) is 37.4 Å². The molecular formula is C20H21F2N3O. The lowest BCUT2D eigenvalue weighted by molar-refractivity contribution is 0.0363. The fourth-order valence-corrected chi connectivity index (χ4v) is 3.61.